The molecule has 2 nitrogen and oxygen atoms in total. The molecule has 6 rings (SSSR count). The molecule has 152 valence electrons. The molecule has 2 atom stereocenters. The number of hydrogen-bond donors (Lipinski definition) is 0. The summed E-state index contributed by atoms with van der Waals surface area (Å²) in [7, 11) is 0. The van der Waals surface area contributed by atoms with Crippen LogP contribution in [0.25, 0.3) is 23.3 Å². The average molecular weight is 461 g/mol. The summed E-state index contributed by atoms with van der Waals surface area (Å²) < 4.78 is 12.5. The number of allylic oxidation sites excluding steroid dienone is 2. The molecule has 0 aliphatic heterocycles. The maximum absolute atomic E-state index is 5.83. The molecular weight excluding hydrogens is 440 g/mol. The number of alkyl halides is 1. The van der Waals surface area contributed by atoms with E-state index in [1.54, 1.807) is 12.5 Å². The third-order valence-corrected chi connectivity index (χ3v) is 8.79. The second-order valence-corrected chi connectivity index (χ2v) is 9.77. The van der Waals surface area contributed by atoms with Crippen LogP contribution in [-0.4, -0.2) is 6.38 Å². The number of rotatable bonds is 4. The Labute approximate surface area is 196 Å². The van der Waals surface area contributed by atoms with E-state index in [-0.39, 0.29) is 0 Å². The predicted octanol–water partition coefficient (Wildman–Crippen LogP) is 7.70. The Morgan fingerprint density at radius 1 is 0.613 bits per heavy atom. The predicted molar refractivity (Wildman–Crippen MR) is 123 cm³/mol. The molecule has 2 aromatic heterocycles. The van der Waals surface area contributed by atoms with Gasteiger partial charge in [0.05, 0.1) is 0 Å². The molecule has 2 aromatic carbocycles. The molecule has 4 aromatic rings. The summed E-state index contributed by atoms with van der Waals surface area (Å²) in [6, 6.07) is 25.7. The Balaban J connectivity index is 0.000000994. The minimum Gasteiger partial charge on any atom is -0.130 e. The standard InChI is InChI=1S/2C13H9O.CH3Cl.Ti/c2*1-2-5-11-9-12(8-10(11)4-1)13-6-3-7-14-13;1-2;/h2*1-9H;1H3;. The molecule has 0 N–H and O–H groups in total. The van der Waals surface area contributed by atoms with Gasteiger partial charge in [-0.05, 0) is 0 Å². The molecule has 4 heteroatoms. The van der Waals surface area contributed by atoms with E-state index in [0.29, 0.717) is 8.45 Å². The Morgan fingerprint density at radius 3 is 1.48 bits per heavy atom. The molecule has 0 radical (unpaired) electrons. The van der Waals surface area contributed by atoms with E-state index in [1.807, 2.05) is 12.1 Å². The maximum Gasteiger partial charge on any atom is 0.0108 e. The smallest absolute Gasteiger partial charge is 0.0108 e. The van der Waals surface area contributed by atoms with Gasteiger partial charge in [0.2, 0.25) is 0 Å². The van der Waals surface area contributed by atoms with Crippen LogP contribution in [0, 0.1) is 0 Å². The molecular formula is C27H21ClO2Ti. The zero-order valence-corrected chi connectivity index (χ0v) is 19.4. The molecule has 2 unspecified atom stereocenters. The summed E-state index contributed by atoms with van der Waals surface area (Å²) in [6.45, 7) is 0. The Bertz CT molecular complexity index is 1140. The number of benzene rings is 2. The quantitative estimate of drug-likeness (QED) is 0.230. The first-order valence-corrected chi connectivity index (χ1v) is 12.8. The zero-order chi connectivity index (χ0) is 21.2. The van der Waals surface area contributed by atoms with Gasteiger partial charge in [-0.25, -0.2) is 0 Å². The van der Waals surface area contributed by atoms with Crippen LogP contribution in [0.15, 0.2) is 94.2 Å². The molecule has 2 aliphatic carbocycles. The van der Waals surface area contributed by atoms with Gasteiger partial charge < -0.3 is 0 Å². The third-order valence-electron chi connectivity index (χ3n) is 5.80. The van der Waals surface area contributed by atoms with Crippen molar-refractivity contribution in [3.63, 3.8) is 0 Å². The van der Waals surface area contributed by atoms with E-state index in [9.17, 15) is 0 Å². The number of furan rings is 2. The van der Waals surface area contributed by atoms with Crippen molar-refractivity contribution in [2.24, 2.45) is 0 Å². The molecule has 0 amide bonds. The van der Waals surface area contributed by atoms with Crippen molar-refractivity contribution in [2.45, 2.75) is 8.45 Å². The van der Waals surface area contributed by atoms with Crippen LogP contribution in [0.4, 0.5) is 0 Å². The van der Waals surface area contributed by atoms with Crippen LogP contribution in [0.2, 0.25) is 0 Å². The van der Waals surface area contributed by atoms with Crippen LogP contribution < -0.4 is 0 Å². The maximum atomic E-state index is 5.83. The monoisotopic (exact) mass is 460 g/mol. The van der Waals surface area contributed by atoms with Gasteiger partial charge in [0, 0.05) is 6.38 Å². The van der Waals surface area contributed by atoms with Crippen LogP contribution in [0.5, 0.6) is 0 Å². The second kappa shape index (κ2) is 8.92. The minimum absolute atomic E-state index is 0.409. The van der Waals surface area contributed by atoms with Crippen molar-refractivity contribution < 1.29 is 28.0 Å². The van der Waals surface area contributed by atoms with Crippen LogP contribution in [0.3, 0.4) is 0 Å². The SMILES string of the molecule is C1=C(c2ccco2)[CH]([Ti][CH]2C(c3ccco3)=Cc3ccccc32)c2ccccc21.CCl. The summed E-state index contributed by atoms with van der Waals surface area (Å²) in [5.41, 5.74) is 8.15. The van der Waals surface area contributed by atoms with Gasteiger partial charge in [-0.1, -0.05) is 0 Å². The number of halogens is 1. The van der Waals surface area contributed by atoms with Gasteiger partial charge in [-0.2, -0.15) is 0 Å². The van der Waals surface area contributed by atoms with Crippen LogP contribution in [-0.2, 0) is 19.2 Å². The summed E-state index contributed by atoms with van der Waals surface area (Å²) in [5, 5.41) is 0. The van der Waals surface area contributed by atoms with Crippen molar-refractivity contribution >= 4 is 34.9 Å². The molecule has 2 aliphatic rings. The molecule has 0 bridgehead atoms. The van der Waals surface area contributed by atoms with E-state index < -0.39 is 19.2 Å². The average Bonchev–Trinajstić information content (AvgIpc) is 3.61. The Morgan fingerprint density at radius 2 is 1.06 bits per heavy atom. The molecule has 2 heterocycles. The van der Waals surface area contributed by atoms with Crippen LogP contribution >= 0.6 is 11.6 Å². The minimum atomic E-state index is -0.486. The molecule has 0 fully saturated rings. The Kier molecular flexibility index (Phi) is 5.87. The fourth-order valence-electron chi connectivity index (χ4n) is 4.49. The van der Waals surface area contributed by atoms with Gasteiger partial charge in [0.25, 0.3) is 0 Å². The van der Waals surface area contributed by atoms with Gasteiger partial charge >= 0.3 is 179 Å². The van der Waals surface area contributed by atoms with E-state index in [4.69, 9.17) is 8.83 Å². The number of fused-ring (bicyclic) bond motifs is 2. The molecule has 0 saturated heterocycles. The fraction of sp³-hybridized carbons (Fsp3) is 0.111. The van der Waals surface area contributed by atoms with Crippen molar-refractivity contribution in [1.82, 2.24) is 0 Å². The van der Waals surface area contributed by atoms with E-state index in [1.165, 1.54) is 39.8 Å². The van der Waals surface area contributed by atoms with Gasteiger partial charge in [-0.15, -0.1) is 11.6 Å². The molecule has 31 heavy (non-hydrogen) atoms. The van der Waals surface area contributed by atoms with Crippen molar-refractivity contribution in [2.75, 3.05) is 6.38 Å². The van der Waals surface area contributed by atoms with Crippen LogP contribution in [0.1, 0.15) is 42.2 Å². The summed E-state index contributed by atoms with van der Waals surface area (Å²) in [6.07, 6.45) is 9.66. The van der Waals surface area contributed by atoms with Crippen molar-refractivity contribution in [3.05, 3.63) is 119 Å². The topological polar surface area (TPSA) is 26.3 Å². The largest absolute Gasteiger partial charge is 0.130 e. The van der Waals surface area contributed by atoms with E-state index >= 15 is 0 Å². The van der Waals surface area contributed by atoms with Crippen molar-refractivity contribution in [3.8, 4) is 0 Å². The fourth-order valence-corrected chi connectivity index (χ4v) is 7.65. The van der Waals surface area contributed by atoms with Gasteiger partial charge in [-0.3, -0.25) is 0 Å². The van der Waals surface area contributed by atoms with Crippen molar-refractivity contribution in [1.29, 1.82) is 0 Å². The molecule has 0 spiro atoms. The van der Waals surface area contributed by atoms with E-state index in [0.717, 1.165) is 11.5 Å². The van der Waals surface area contributed by atoms with E-state index in [2.05, 4.69) is 84.4 Å². The second-order valence-electron chi connectivity index (χ2n) is 7.44. The zero-order valence-electron chi connectivity index (χ0n) is 17.1. The van der Waals surface area contributed by atoms with Gasteiger partial charge in [0.15, 0.2) is 0 Å². The first-order valence-electron chi connectivity index (χ1n) is 10.2. The van der Waals surface area contributed by atoms with Gasteiger partial charge in [0.1, 0.15) is 0 Å². The first kappa shape index (κ1) is 20.4. The third kappa shape index (κ3) is 3.70. The summed E-state index contributed by atoms with van der Waals surface area (Å²) in [5.74, 6) is 1.98. The Hall–Kier alpha value is -2.52. The summed E-state index contributed by atoms with van der Waals surface area (Å²) >= 11 is 4.15. The normalized spacial score (nSPS) is 18.4. The first-order chi connectivity index (χ1) is 15.4. The molecule has 0 saturated carbocycles. The number of hydrogen-bond acceptors (Lipinski definition) is 2. The summed E-state index contributed by atoms with van der Waals surface area (Å²) in [4.78, 5) is 0.